The summed E-state index contributed by atoms with van der Waals surface area (Å²) in [7, 11) is 0. The molecule has 0 unspecified atom stereocenters. The predicted molar refractivity (Wildman–Crippen MR) is 67.5 cm³/mol. The summed E-state index contributed by atoms with van der Waals surface area (Å²) in [4.78, 5) is 22.5. The fourth-order valence-corrected chi connectivity index (χ4v) is 1.69. The van der Waals surface area contributed by atoms with Gasteiger partial charge < -0.3 is 14.9 Å². The molecule has 0 spiro atoms. The summed E-state index contributed by atoms with van der Waals surface area (Å²) >= 11 is 0. The highest BCUT2D eigenvalue weighted by Gasteiger charge is 2.46. The number of hydrogen-bond acceptors (Lipinski definition) is 3. The van der Waals surface area contributed by atoms with Crippen molar-refractivity contribution in [3.63, 3.8) is 0 Å². The summed E-state index contributed by atoms with van der Waals surface area (Å²) in [5.74, 6) is -2.65. The second-order valence-corrected chi connectivity index (χ2v) is 4.72. The minimum Gasteiger partial charge on any atom is -0.479 e. The van der Waals surface area contributed by atoms with Gasteiger partial charge in [-0.05, 0) is 18.8 Å². The van der Waals surface area contributed by atoms with Crippen molar-refractivity contribution in [3.05, 3.63) is 12.2 Å². The van der Waals surface area contributed by atoms with Crippen LogP contribution in [-0.2, 0) is 14.3 Å². The molecular formula is C13H22O5. The van der Waals surface area contributed by atoms with E-state index >= 15 is 0 Å². The summed E-state index contributed by atoms with van der Waals surface area (Å²) < 4.78 is 5.39. The van der Waals surface area contributed by atoms with E-state index in [0.29, 0.717) is 6.42 Å². The number of rotatable bonds is 9. The van der Waals surface area contributed by atoms with Crippen molar-refractivity contribution >= 4 is 11.9 Å². The van der Waals surface area contributed by atoms with Crippen molar-refractivity contribution in [2.75, 3.05) is 6.61 Å². The Bertz CT molecular complexity index is 321. The Morgan fingerprint density at radius 2 is 1.89 bits per heavy atom. The van der Waals surface area contributed by atoms with Gasteiger partial charge in [0.15, 0.2) is 5.60 Å². The molecule has 0 amide bonds. The van der Waals surface area contributed by atoms with Crippen LogP contribution in [0.2, 0.25) is 0 Å². The van der Waals surface area contributed by atoms with Gasteiger partial charge in [0.1, 0.15) is 0 Å². The molecule has 0 fully saturated rings. The second-order valence-electron chi connectivity index (χ2n) is 4.72. The van der Waals surface area contributed by atoms with E-state index in [2.05, 4.69) is 6.58 Å². The lowest BCUT2D eigenvalue weighted by Gasteiger charge is -2.31. The van der Waals surface area contributed by atoms with Crippen LogP contribution < -0.4 is 0 Å². The van der Waals surface area contributed by atoms with Crippen LogP contribution in [0.15, 0.2) is 12.2 Å². The monoisotopic (exact) mass is 258 g/mol. The van der Waals surface area contributed by atoms with Crippen LogP contribution in [0.25, 0.3) is 0 Å². The van der Waals surface area contributed by atoms with Crippen molar-refractivity contribution in [1.29, 1.82) is 0 Å². The Morgan fingerprint density at radius 3 is 2.22 bits per heavy atom. The van der Waals surface area contributed by atoms with Crippen LogP contribution in [-0.4, -0.2) is 34.4 Å². The molecule has 18 heavy (non-hydrogen) atoms. The largest absolute Gasteiger partial charge is 0.479 e. The van der Waals surface area contributed by atoms with E-state index in [1.54, 1.807) is 0 Å². The van der Waals surface area contributed by atoms with Gasteiger partial charge in [-0.25, -0.2) is 9.59 Å². The normalized spacial score (nSPS) is 14.2. The van der Waals surface area contributed by atoms with Crippen molar-refractivity contribution < 1.29 is 24.5 Å². The molecule has 0 rings (SSSR count). The number of aliphatic carboxylic acids is 2. The first-order valence-corrected chi connectivity index (χ1v) is 6.08. The molecule has 5 nitrogen and oxygen atoms in total. The second kappa shape index (κ2) is 7.16. The molecule has 0 aliphatic heterocycles. The van der Waals surface area contributed by atoms with E-state index in [4.69, 9.17) is 9.84 Å². The molecular weight excluding hydrogens is 236 g/mol. The molecule has 0 radical (unpaired) electrons. The summed E-state index contributed by atoms with van der Waals surface area (Å²) in [5, 5.41) is 18.3. The van der Waals surface area contributed by atoms with Gasteiger partial charge in [-0.15, -0.1) is 0 Å². The maximum absolute atomic E-state index is 11.4. The molecule has 0 saturated heterocycles. The van der Waals surface area contributed by atoms with E-state index in [1.165, 1.54) is 0 Å². The first-order valence-electron chi connectivity index (χ1n) is 6.08. The highest BCUT2D eigenvalue weighted by molar-refractivity contribution is 5.98. The number of unbranched alkanes of at least 4 members (excludes halogenated alkanes) is 1. The van der Waals surface area contributed by atoms with Crippen LogP contribution in [0.3, 0.4) is 0 Å². The third kappa shape index (κ3) is 4.14. The number of carboxylic acids is 2. The fourth-order valence-electron chi connectivity index (χ4n) is 1.69. The molecule has 1 atom stereocenters. The SMILES string of the molecule is C=C(C(=O)O)[C@@](CC(C)C)(OCCCC)C(=O)O. The zero-order valence-electron chi connectivity index (χ0n) is 11.2. The third-order valence-electron chi connectivity index (χ3n) is 2.63. The average Bonchev–Trinajstić information content (AvgIpc) is 2.25. The number of ether oxygens (including phenoxy) is 1. The molecule has 0 aromatic heterocycles. The van der Waals surface area contributed by atoms with Crippen LogP contribution in [0.4, 0.5) is 0 Å². The Morgan fingerprint density at radius 1 is 1.33 bits per heavy atom. The zero-order chi connectivity index (χ0) is 14.3. The third-order valence-corrected chi connectivity index (χ3v) is 2.63. The maximum Gasteiger partial charge on any atom is 0.340 e. The minimum absolute atomic E-state index is 0.0150. The summed E-state index contributed by atoms with van der Waals surface area (Å²) in [6.45, 7) is 9.16. The van der Waals surface area contributed by atoms with Crippen LogP contribution in [0, 0.1) is 5.92 Å². The van der Waals surface area contributed by atoms with E-state index in [1.807, 2.05) is 20.8 Å². The average molecular weight is 258 g/mol. The molecule has 0 aromatic rings. The van der Waals surface area contributed by atoms with Crippen LogP contribution in [0.1, 0.15) is 40.0 Å². The van der Waals surface area contributed by atoms with Gasteiger partial charge in [0, 0.05) is 6.61 Å². The molecule has 0 saturated carbocycles. The minimum atomic E-state index is -1.82. The first kappa shape index (κ1) is 16.6. The molecule has 2 N–H and O–H groups in total. The topological polar surface area (TPSA) is 83.8 Å². The molecule has 5 heteroatoms. The van der Waals surface area contributed by atoms with E-state index in [-0.39, 0.29) is 18.9 Å². The Labute approximate surface area is 107 Å². The highest BCUT2D eigenvalue weighted by atomic mass is 16.5. The molecule has 0 aliphatic rings. The molecule has 0 heterocycles. The lowest BCUT2D eigenvalue weighted by Crippen LogP contribution is -2.47. The highest BCUT2D eigenvalue weighted by Crippen LogP contribution is 2.29. The van der Waals surface area contributed by atoms with E-state index in [9.17, 15) is 14.7 Å². The summed E-state index contributed by atoms with van der Waals surface area (Å²) in [5.41, 5.74) is -2.24. The van der Waals surface area contributed by atoms with Gasteiger partial charge in [-0.2, -0.15) is 0 Å². The Hall–Kier alpha value is -1.36. The van der Waals surface area contributed by atoms with Gasteiger partial charge in [0.05, 0.1) is 5.57 Å². The Kier molecular flexibility index (Phi) is 6.62. The van der Waals surface area contributed by atoms with Crippen LogP contribution >= 0.6 is 0 Å². The van der Waals surface area contributed by atoms with E-state index in [0.717, 1.165) is 6.42 Å². The number of carbonyl (C=O) groups is 2. The molecule has 0 aliphatic carbocycles. The maximum atomic E-state index is 11.4. The predicted octanol–water partition coefficient (Wildman–Crippen LogP) is 2.31. The van der Waals surface area contributed by atoms with E-state index < -0.39 is 23.1 Å². The molecule has 0 bridgehead atoms. The number of hydrogen-bond donors (Lipinski definition) is 2. The van der Waals surface area contributed by atoms with Crippen molar-refractivity contribution in [3.8, 4) is 0 Å². The van der Waals surface area contributed by atoms with Crippen molar-refractivity contribution in [2.45, 2.75) is 45.6 Å². The quantitative estimate of drug-likeness (QED) is 0.489. The first-order chi connectivity index (χ1) is 8.27. The van der Waals surface area contributed by atoms with Gasteiger partial charge in [-0.3, -0.25) is 0 Å². The smallest absolute Gasteiger partial charge is 0.340 e. The standard InChI is InChI=1S/C13H22O5/c1-5-6-7-18-13(12(16)17,8-9(2)3)10(4)11(14)15/h9H,4-8H2,1-3H3,(H,14,15)(H,16,17)/t13-/m1/s1. The van der Waals surface area contributed by atoms with Gasteiger partial charge in [-0.1, -0.05) is 33.8 Å². The van der Waals surface area contributed by atoms with Gasteiger partial charge in [0.25, 0.3) is 0 Å². The fraction of sp³-hybridized carbons (Fsp3) is 0.692. The lowest BCUT2D eigenvalue weighted by molar-refractivity contribution is -0.166. The van der Waals surface area contributed by atoms with Crippen molar-refractivity contribution in [2.24, 2.45) is 5.92 Å². The molecule has 104 valence electrons. The van der Waals surface area contributed by atoms with Gasteiger partial charge in [0.2, 0.25) is 0 Å². The summed E-state index contributed by atoms with van der Waals surface area (Å²) in [6.07, 6.45) is 1.62. The van der Waals surface area contributed by atoms with Crippen LogP contribution in [0.5, 0.6) is 0 Å². The van der Waals surface area contributed by atoms with Gasteiger partial charge >= 0.3 is 11.9 Å². The number of carboxylic acid groups (broad SMARTS) is 2. The van der Waals surface area contributed by atoms with Crippen molar-refractivity contribution in [1.82, 2.24) is 0 Å². The summed E-state index contributed by atoms with van der Waals surface area (Å²) in [6, 6.07) is 0. The Balaban J connectivity index is 5.22. The molecule has 0 aromatic carbocycles. The lowest BCUT2D eigenvalue weighted by atomic mass is 9.85. The zero-order valence-corrected chi connectivity index (χ0v) is 11.2.